The normalized spacial score (nSPS) is 18.2. The largest absolute Gasteiger partial charge is 0.307 e. The number of halogens is 2. The summed E-state index contributed by atoms with van der Waals surface area (Å²) in [6.45, 7) is 0.513. The summed E-state index contributed by atoms with van der Waals surface area (Å²) in [5.74, 6) is -0.804. The maximum Gasteiger partial charge on any atom is 0.258 e. The van der Waals surface area contributed by atoms with E-state index in [0.29, 0.717) is 23.4 Å². The summed E-state index contributed by atoms with van der Waals surface area (Å²) in [6, 6.07) is 10.4. The number of fused-ring (bicyclic) bond motifs is 2. The minimum Gasteiger partial charge on any atom is -0.307 e. The number of anilines is 1. The topological polar surface area (TPSA) is 20.3 Å². The average molecular weight is 299 g/mol. The molecule has 2 aromatic rings. The fourth-order valence-electron chi connectivity index (χ4n) is 3.67. The molecule has 1 heterocycles. The predicted octanol–water partition coefficient (Wildman–Crippen LogP) is 4.05. The lowest BCUT2D eigenvalue weighted by molar-refractivity contribution is 0.0979. The number of nitrogens with zero attached hydrogens (tertiary/aromatic N) is 1. The van der Waals surface area contributed by atoms with Gasteiger partial charge >= 0.3 is 0 Å². The summed E-state index contributed by atoms with van der Waals surface area (Å²) in [6.07, 6.45) is 2.88. The summed E-state index contributed by atoms with van der Waals surface area (Å²) < 4.78 is 27.3. The van der Waals surface area contributed by atoms with E-state index < -0.39 is 0 Å². The summed E-state index contributed by atoms with van der Waals surface area (Å²) >= 11 is 0. The molecule has 2 aliphatic rings. The third kappa shape index (κ3) is 1.79. The number of hydrogen-bond donors (Lipinski definition) is 0. The second-order valence-electron chi connectivity index (χ2n) is 6.17. The van der Waals surface area contributed by atoms with E-state index in [1.165, 1.54) is 30.3 Å². The molecule has 0 aromatic heterocycles. The number of benzene rings is 2. The van der Waals surface area contributed by atoms with Gasteiger partial charge in [0.15, 0.2) is 0 Å². The first-order valence-electron chi connectivity index (χ1n) is 7.47. The van der Waals surface area contributed by atoms with Crippen molar-refractivity contribution in [1.29, 1.82) is 0 Å². The van der Waals surface area contributed by atoms with E-state index in [9.17, 15) is 13.6 Å². The van der Waals surface area contributed by atoms with Crippen LogP contribution in [0, 0.1) is 11.6 Å². The third-order valence-electron chi connectivity index (χ3n) is 4.92. The first-order chi connectivity index (χ1) is 10.6. The second-order valence-corrected chi connectivity index (χ2v) is 6.17. The van der Waals surface area contributed by atoms with E-state index in [2.05, 4.69) is 0 Å². The molecular formula is C18H15F2NO. The highest BCUT2D eigenvalue weighted by atomic mass is 19.1. The molecule has 22 heavy (non-hydrogen) atoms. The van der Waals surface area contributed by atoms with Gasteiger partial charge < -0.3 is 4.90 Å². The van der Waals surface area contributed by atoms with E-state index in [4.69, 9.17) is 0 Å². The van der Waals surface area contributed by atoms with Crippen LogP contribution in [-0.4, -0.2) is 12.5 Å². The smallest absolute Gasteiger partial charge is 0.258 e. The van der Waals surface area contributed by atoms with Gasteiger partial charge in [0.05, 0.1) is 5.69 Å². The van der Waals surface area contributed by atoms with Gasteiger partial charge in [0.1, 0.15) is 11.6 Å². The molecule has 4 heteroatoms. The Hall–Kier alpha value is -2.23. The van der Waals surface area contributed by atoms with Crippen LogP contribution in [0.2, 0.25) is 0 Å². The fraction of sp³-hybridized carbons (Fsp3) is 0.278. The zero-order valence-electron chi connectivity index (χ0n) is 12.0. The van der Waals surface area contributed by atoms with Crippen LogP contribution in [0.5, 0.6) is 0 Å². The quantitative estimate of drug-likeness (QED) is 0.778. The summed E-state index contributed by atoms with van der Waals surface area (Å²) in [5.41, 5.74) is 1.54. The number of amides is 1. The molecule has 1 aliphatic carbocycles. The molecule has 0 saturated heterocycles. The van der Waals surface area contributed by atoms with Gasteiger partial charge in [-0.3, -0.25) is 4.79 Å². The maximum atomic E-state index is 14.3. The van der Waals surface area contributed by atoms with Crippen molar-refractivity contribution in [3.05, 3.63) is 65.2 Å². The van der Waals surface area contributed by atoms with Crippen molar-refractivity contribution in [3.8, 4) is 0 Å². The van der Waals surface area contributed by atoms with Gasteiger partial charge in [-0.2, -0.15) is 0 Å². The minimum absolute atomic E-state index is 0.198. The number of rotatable bonds is 1. The van der Waals surface area contributed by atoms with Gasteiger partial charge in [0.2, 0.25) is 0 Å². The Morgan fingerprint density at radius 3 is 2.41 bits per heavy atom. The van der Waals surface area contributed by atoms with E-state index in [1.807, 2.05) is 0 Å². The van der Waals surface area contributed by atoms with Crippen molar-refractivity contribution in [1.82, 2.24) is 0 Å². The van der Waals surface area contributed by atoms with Crippen LogP contribution in [0.3, 0.4) is 0 Å². The summed E-state index contributed by atoms with van der Waals surface area (Å²) in [7, 11) is 0. The van der Waals surface area contributed by atoms with E-state index >= 15 is 0 Å². The van der Waals surface area contributed by atoms with Gasteiger partial charge in [-0.15, -0.1) is 0 Å². The van der Waals surface area contributed by atoms with Gasteiger partial charge in [0.25, 0.3) is 5.91 Å². The van der Waals surface area contributed by atoms with Crippen molar-refractivity contribution in [2.75, 3.05) is 11.4 Å². The average Bonchev–Trinajstić information content (AvgIpc) is 2.84. The summed E-state index contributed by atoms with van der Waals surface area (Å²) in [4.78, 5) is 14.4. The van der Waals surface area contributed by atoms with Crippen LogP contribution >= 0.6 is 0 Å². The Morgan fingerprint density at radius 1 is 1.05 bits per heavy atom. The third-order valence-corrected chi connectivity index (χ3v) is 4.92. The van der Waals surface area contributed by atoms with Crippen molar-refractivity contribution < 1.29 is 13.6 Å². The van der Waals surface area contributed by atoms with Gasteiger partial charge in [-0.25, -0.2) is 8.78 Å². The number of carbonyl (C=O) groups excluding carboxylic acids is 1. The monoisotopic (exact) mass is 299 g/mol. The molecule has 1 aliphatic heterocycles. The molecule has 1 saturated carbocycles. The number of carbonyl (C=O) groups is 1. The molecule has 0 unspecified atom stereocenters. The Bertz CT molecular complexity index is 750. The minimum atomic E-state index is -0.375. The predicted molar refractivity (Wildman–Crippen MR) is 80.0 cm³/mol. The van der Waals surface area contributed by atoms with Crippen LogP contribution in [0.4, 0.5) is 14.5 Å². The second kappa shape index (κ2) is 4.63. The van der Waals surface area contributed by atoms with Gasteiger partial charge in [-0.05, 0) is 49.2 Å². The molecule has 1 fully saturated rings. The Morgan fingerprint density at radius 2 is 1.77 bits per heavy atom. The fourth-order valence-corrected chi connectivity index (χ4v) is 3.67. The highest BCUT2D eigenvalue weighted by molar-refractivity contribution is 6.07. The van der Waals surface area contributed by atoms with Gasteiger partial charge in [-0.1, -0.05) is 12.5 Å². The van der Waals surface area contributed by atoms with E-state index in [0.717, 1.165) is 19.3 Å². The van der Waals surface area contributed by atoms with Crippen molar-refractivity contribution >= 4 is 11.6 Å². The van der Waals surface area contributed by atoms with Crippen LogP contribution in [0.1, 0.15) is 35.2 Å². The molecule has 4 rings (SSSR count). The molecule has 112 valence electrons. The first kappa shape index (κ1) is 13.4. The van der Waals surface area contributed by atoms with Crippen molar-refractivity contribution in [3.63, 3.8) is 0 Å². The van der Waals surface area contributed by atoms with E-state index in [-0.39, 0.29) is 23.0 Å². The maximum absolute atomic E-state index is 14.3. The lowest BCUT2D eigenvalue weighted by atomic mass is 9.65. The summed E-state index contributed by atoms with van der Waals surface area (Å²) in [5, 5.41) is 0. The molecule has 2 nitrogen and oxygen atoms in total. The lowest BCUT2D eigenvalue weighted by Crippen LogP contribution is -2.41. The van der Waals surface area contributed by atoms with Crippen LogP contribution < -0.4 is 4.90 Å². The molecule has 0 N–H and O–H groups in total. The molecule has 0 atom stereocenters. The molecule has 0 radical (unpaired) electrons. The molecule has 1 amide bonds. The van der Waals surface area contributed by atoms with Crippen molar-refractivity contribution in [2.24, 2.45) is 0 Å². The van der Waals surface area contributed by atoms with Gasteiger partial charge in [0, 0.05) is 23.1 Å². The van der Waals surface area contributed by atoms with Crippen LogP contribution in [0.25, 0.3) is 0 Å². The zero-order valence-corrected chi connectivity index (χ0v) is 12.0. The van der Waals surface area contributed by atoms with E-state index in [1.54, 1.807) is 17.0 Å². The Labute approximate surface area is 127 Å². The number of hydrogen-bond acceptors (Lipinski definition) is 1. The lowest BCUT2D eigenvalue weighted by Gasteiger charge is -2.39. The highest BCUT2D eigenvalue weighted by Gasteiger charge is 2.50. The molecule has 2 aromatic carbocycles. The molecule has 1 spiro atoms. The molecule has 0 bridgehead atoms. The Balaban J connectivity index is 1.77. The van der Waals surface area contributed by atoms with Crippen LogP contribution in [-0.2, 0) is 5.41 Å². The SMILES string of the molecule is O=C(c1ccc(F)cc1)N1CC2(CCC2)c2c(F)cccc21. The van der Waals surface area contributed by atoms with Crippen molar-refractivity contribution in [2.45, 2.75) is 24.7 Å². The highest BCUT2D eigenvalue weighted by Crippen LogP contribution is 2.53. The first-order valence-corrected chi connectivity index (χ1v) is 7.47. The Kier molecular flexibility index (Phi) is 2.83. The standard InChI is InChI=1S/C18H15F2NO/c19-13-7-5-12(6-8-13)17(22)21-11-18(9-2-10-18)16-14(20)3-1-4-15(16)21/h1,3-8H,2,9-11H2. The van der Waals surface area contributed by atoms with Crippen LogP contribution in [0.15, 0.2) is 42.5 Å². The zero-order chi connectivity index (χ0) is 15.3. The molecular weight excluding hydrogens is 284 g/mol.